The van der Waals surface area contributed by atoms with Crippen molar-refractivity contribution >= 4 is 5.78 Å². The molecule has 1 aliphatic carbocycles. The maximum absolute atomic E-state index is 12.3. The van der Waals surface area contributed by atoms with Gasteiger partial charge >= 0.3 is 0 Å². The molecule has 1 aromatic rings. The maximum Gasteiger partial charge on any atom is 0.166 e. The lowest BCUT2D eigenvalue weighted by atomic mass is 9.89. The monoisotopic (exact) mass is 246 g/mol. The van der Waals surface area contributed by atoms with Gasteiger partial charge in [-0.15, -0.1) is 0 Å². The van der Waals surface area contributed by atoms with E-state index in [2.05, 4.69) is 13.5 Å². The summed E-state index contributed by atoms with van der Waals surface area (Å²) in [5.41, 5.74) is 2.73. The Bertz CT molecular complexity index is 512. The van der Waals surface area contributed by atoms with Gasteiger partial charge in [0.1, 0.15) is 11.9 Å². The van der Waals surface area contributed by atoms with Crippen molar-refractivity contribution in [3.05, 3.63) is 35.3 Å². The standard InChI is InChI=1S/C15H18O3/c1-8-4-11(16)14-10(3)7-17-12(14)6-9(2)15-13(5-8)18-15/h7-8,13,15H,2,4-6H2,1,3H3/t8-,13+,15-/m0/s1. The zero-order valence-corrected chi connectivity index (χ0v) is 10.9. The topological polar surface area (TPSA) is 42.7 Å². The number of fused-ring (bicyclic) bond motifs is 2. The molecule has 3 atom stereocenters. The summed E-state index contributed by atoms with van der Waals surface area (Å²) >= 11 is 0. The highest BCUT2D eigenvalue weighted by Gasteiger charge is 2.42. The van der Waals surface area contributed by atoms with E-state index in [1.165, 1.54) is 0 Å². The predicted molar refractivity (Wildman–Crippen MR) is 67.7 cm³/mol. The molecule has 0 bridgehead atoms. The fourth-order valence-electron chi connectivity index (χ4n) is 2.89. The first-order chi connectivity index (χ1) is 8.56. The lowest BCUT2D eigenvalue weighted by Crippen LogP contribution is -2.14. The summed E-state index contributed by atoms with van der Waals surface area (Å²) in [7, 11) is 0. The molecule has 1 saturated heterocycles. The summed E-state index contributed by atoms with van der Waals surface area (Å²) in [6.45, 7) is 8.11. The zero-order valence-electron chi connectivity index (χ0n) is 10.9. The van der Waals surface area contributed by atoms with Crippen LogP contribution in [-0.2, 0) is 11.2 Å². The Labute approximate surface area is 107 Å². The highest BCUT2D eigenvalue weighted by Crippen LogP contribution is 2.38. The molecule has 1 aromatic heterocycles. The van der Waals surface area contributed by atoms with Gasteiger partial charge in [0, 0.05) is 12.8 Å². The van der Waals surface area contributed by atoms with E-state index in [0.717, 1.165) is 28.9 Å². The van der Waals surface area contributed by atoms with Crippen LogP contribution in [0.25, 0.3) is 0 Å². The molecular formula is C15H18O3. The molecule has 3 heteroatoms. The van der Waals surface area contributed by atoms with Gasteiger partial charge in [0.15, 0.2) is 5.78 Å². The van der Waals surface area contributed by atoms with Gasteiger partial charge in [0.2, 0.25) is 0 Å². The molecule has 0 spiro atoms. The summed E-state index contributed by atoms with van der Waals surface area (Å²) in [5, 5.41) is 0. The van der Waals surface area contributed by atoms with Crippen LogP contribution in [0.4, 0.5) is 0 Å². The molecule has 0 aromatic carbocycles. The van der Waals surface area contributed by atoms with Crippen molar-refractivity contribution < 1.29 is 13.9 Å². The fraction of sp³-hybridized carbons (Fsp3) is 0.533. The second-order valence-corrected chi connectivity index (χ2v) is 5.62. The smallest absolute Gasteiger partial charge is 0.166 e. The average molecular weight is 246 g/mol. The Balaban J connectivity index is 1.97. The number of hydrogen-bond acceptors (Lipinski definition) is 3. The number of furan rings is 1. The molecule has 0 N–H and O–H groups in total. The van der Waals surface area contributed by atoms with Crippen molar-refractivity contribution in [3.63, 3.8) is 0 Å². The minimum atomic E-state index is 0.166. The van der Waals surface area contributed by atoms with E-state index in [0.29, 0.717) is 18.8 Å². The lowest BCUT2D eigenvalue weighted by molar-refractivity contribution is 0.0958. The number of carbonyl (C=O) groups excluding carboxylic acids is 1. The fourth-order valence-corrected chi connectivity index (χ4v) is 2.89. The molecule has 0 amide bonds. The Hall–Kier alpha value is -1.35. The van der Waals surface area contributed by atoms with Gasteiger partial charge in [-0.25, -0.2) is 0 Å². The highest BCUT2D eigenvalue weighted by molar-refractivity contribution is 5.98. The van der Waals surface area contributed by atoms with Crippen LogP contribution in [0.3, 0.4) is 0 Å². The Kier molecular flexibility index (Phi) is 2.67. The van der Waals surface area contributed by atoms with Crippen LogP contribution in [0.5, 0.6) is 0 Å². The van der Waals surface area contributed by atoms with Crippen molar-refractivity contribution in [3.8, 4) is 0 Å². The molecule has 2 aliphatic rings. The number of aryl methyl sites for hydroxylation is 1. The third-order valence-corrected chi connectivity index (χ3v) is 3.87. The van der Waals surface area contributed by atoms with Crippen LogP contribution >= 0.6 is 0 Å². The largest absolute Gasteiger partial charge is 0.468 e. The zero-order chi connectivity index (χ0) is 12.9. The third-order valence-electron chi connectivity index (χ3n) is 3.87. The van der Waals surface area contributed by atoms with Gasteiger partial charge in [-0.3, -0.25) is 4.79 Å². The highest BCUT2D eigenvalue weighted by atomic mass is 16.6. The molecule has 3 nitrogen and oxygen atoms in total. The number of Topliss-reactive ketones (excluding diaryl/α,β-unsaturated/α-hetero) is 1. The molecule has 0 saturated carbocycles. The number of carbonyl (C=O) groups is 1. The van der Waals surface area contributed by atoms with Gasteiger partial charge in [0.05, 0.1) is 17.9 Å². The summed E-state index contributed by atoms with van der Waals surface area (Å²) in [4.78, 5) is 12.3. The van der Waals surface area contributed by atoms with Crippen LogP contribution in [0.1, 0.15) is 41.4 Å². The normalized spacial score (nSPS) is 31.8. The molecule has 1 aliphatic heterocycles. The van der Waals surface area contributed by atoms with Crippen molar-refractivity contribution in [2.45, 2.75) is 45.3 Å². The molecule has 0 radical (unpaired) electrons. The van der Waals surface area contributed by atoms with Gasteiger partial charge < -0.3 is 9.15 Å². The van der Waals surface area contributed by atoms with Crippen molar-refractivity contribution in [1.29, 1.82) is 0 Å². The maximum atomic E-state index is 12.3. The van der Waals surface area contributed by atoms with Crippen molar-refractivity contribution in [2.24, 2.45) is 5.92 Å². The van der Waals surface area contributed by atoms with E-state index in [1.54, 1.807) is 6.26 Å². The van der Waals surface area contributed by atoms with Gasteiger partial charge in [-0.2, -0.15) is 0 Å². The van der Waals surface area contributed by atoms with Gasteiger partial charge in [0.25, 0.3) is 0 Å². The van der Waals surface area contributed by atoms with Crippen LogP contribution < -0.4 is 0 Å². The van der Waals surface area contributed by atoms with E-state index < -0.39 is 0 Å². The number of hydrogen-bond donors (Lipinski definition) is 0. The Morgan fingerprint density at radius 2 is 2.22 bits per heavy atom. The van der Waals surface area contributed by atoms with E-state index in [1.807, 2.05) is 6.92 Å². The molecule has 2 heterocycles. The quantitative estimate of drug-likeness (QED) is 0.522. The summed E-state index contributed by atoms with van der Waals surface area (Å²) < 4.78 is 11.2. The number of ketones is 1. The Morgan fingerprint density at radius 1 is 1.44 bits per heavy atom. The van der Waals surface area contributed by atoms with E-state index in [4.69, 9.17) is 9.15 Å². The van der Waals surface area contributed by atoms with Crippen molar-refractivity contribution in [1.82, 2.24) is 0 Å². The van der Waals surface area contributed by atoms with Crippen LogP contribution in [0, 0.1) is 12.8 Å². The minimum absolute atomic E-state index is 0.166. The van der Waals surface area contributed by atoms with Crippen LogP contribution in [0.2, 0.25) is 0 Å². The third kappa shape index (κ3) is 1.93. The SMILES string of the molecule is C=C1Cc2occ(C)c2C(=O)C[C@H](C)C[C@H]2O[C@@H]12. The predicted octanol–water partition coefficient (Wildman–Crippen LogP) is 3.07. The lowest BCUT2D eigenvalue weighted by Gasteiger charge is -2.12. The van der Waals surface area contributed by atoms with Gasteiger partial charge in [-0.1, -0.05) is 13.5 Å². The molecule has 1 fully saturated rings. The molecule has 0 unspecified atom stereocenters. The number of rotatable bonds is 0. The summed E-state index contributed by atoms with van der Waals surface area (Å²) in [6.07, 6.45) is 4.24. The summed E-state index contributed by atoms with van der Waals surface area (Å²) in [6, 6.07) is 0. The second kappa shape index (κ2) is 4.09. The first kappa shape index (κ1) is 11.7. The van der Waals surface area contributed by atoms with Crippen LogP contribution in [-0.4, -0.2) is 18.0 Å². The minimum Gasteiger partial charge on any atom is -0.468 e. The molecular weight excluding hydrogens is 228 g/mol. The first-order valence-electron chi connectivity index (χ1n) is 6.49. The number of epoxide rings is 1. The van der Waals surface area contributed by atoms with E-state index in [-0.39, 0.29) is 18.0 Å². The molecule has 96 valence electrons. The van der Waals surface area contributed by atoms with E-state index >= 15 is 0 Å². The second-order valence-electron chi connectivity index (χ2n) is 5.62. The van der Waals surface area contributed by atoms with Crippen molar-refractivity contribution in [2.75, 3.05) is 0 Å². The van der Waals surface area contributed by atoms with E-state index in [9.17, 15) is 4.79 Å². The summed E-state index contributed by atoms with van der Waals surface area (Å²) in [5.74, 6) is 1.29. The molecule has 18 heavy (non-hydrogen) atoms. The first-order valence-corrected chi connectivity index (χ1v) is 6.49. The number of ether oxygens (including phenoxy) is 1. The Morgan fingerprint density at radius 3 is 3.00 bits per heavy atom. The van der Waals surface area contributed by atoms with Crippen LogP contribution in [0.15, 0.2) is 22.8 Å². The van der Waals surface area contributed by atoms with Gasteiger partial charge in [-0.05, 0) is 30.4 Å². The molecule has 3 rings (SSSR count). The average Bonchev–Trinajstić information content (AvgIpc) is 2.95.